The summed E-state index contributed by atoms with van der Waals surface area (Å²) in [7, 11) is 0. The van der Waals surface area contributed by atoms with Crippen LogP contribution in [0.15, 0.2) is 71.6 Å². The van der Waals surface area contributed by atoms with Gasteiger partial charge in [0, 0.05) is 9.92 Å². The van der Waals surface area contributed by atoms with Crippen LogP contribution in [0.3, 0.4) is 0 Å². The largest absolute Gasteiger partial charge is 0.491 e. The summed E-state index contributed by atoms with van der Waals surface area (Å²) in [6.45, 7) is 7.86. The summed E-state index contributed by atoms with van der Waals surface area (Å²) in [5, 5.41) is 0.755. The minimum Gasteiger partial charge on any atom is -0.491 e. The van der Waals surface area contributed by atoms with Crippen LogP contribution in [-0.4, -0.2) is 16.2 Å². The van der Waals surface area contributed by atoms with Crippen molar-refractivity contribution >= 4 is 34.4 Å². The van der Waals surface area contributed by atoms with Gasteiger partial charge in [0.25, 0.3) is 0 Å². The molecule has 4 aromatic rings. The highest BCUT2D eigenvalue weighted by atomic mass is 35.5. The first-order valence-electron chi connectivity index (χ1n) is 10.6. The molecule has 0 N–H and O–H groups in total. The van der Waals surface area contributed by atoms with Crippen molar-refractivity contribution in [3.8, 4) is 5.75 Å². The highest BCUT2D eigenvalue weighted by Crippen LogP contribution is 2.29. The molecule has 160 valence electrons. The Bertz CT molecular complexity index is 1170. The molecule has 0 atom stereocenters. The molecule has 0 saturated carbocycles. The van der Waals surface area contributed by atoms with E-state index in [0.29, 0.717) is 12.5 Å². The summed E-state index contributed by atoms with van der Waals surface area (Å²) in [5.41, 5.74) is 4.63. The summed E-state index contributed by atoms with van der Waals surface area (Å²) in [5.74, 6) is 3.25. The first-order valence-corrected chi connectivity index (χ1v) is 11.9. The van der Waals surface area contributed by atoms with E-state index < -0.39 is 0 Å². The SMILES string of the molecule is Cc1ccc(C(C)C)c(OCCn2c(CSc3ccc(Cl)cc3)nc3ccccc32)c1. The van der Waals surface area contributed by atoms with Gasteiger partial charge in [-0.1, -0.05) is 49.7 Å². The third-order valence-corrected chi connectivity index (χ3v) is 6.54. The molecule has 3 aromatic carbocycles. The number of aromatic nitrogens is 2. The lowest BCUT2D eigenvalue weighted by Gasteiger charge is -2.16. The molecule has 5 heteroatoms. The number of nitrogens with zero attached hydrogens (tertiary/aromatic N) is 2. The predicted molar refractivity (Wildman–Crippen MR) is 132 cm³/mol. The van der Waals surface area contributed by atoms with E-state index >= 15 is 0 Å². The summed E-state index contributed by atoms with van der Waals surface area (Å²) in [4.78, 5) is 6.07. The van der Waals surface area contributed by atoms with E-state index in [1.54, 1.807) is 11.8 Å². The fourth-order valence-electron chi connectivity index (χ4n) is 3.65. The summed E-state index contributed by atoms with van der Waals surface area (Å²) >= 11 is 7.78. The number of halogens is 1. The van der Waals surface area contributed by atoms with E-state index in [9.17, 15) is 0 Å². The van der Waals surface area contributed by atoms with Gasteiger partial charge in [0.2, 0.25) is 0 Å². The molecule has 0 bridgehead atoms. The van der Waals surface area contributed by atoms with Crippen LogP contribution < -0.4 is 4.74 Å². The average Bonchev–Trinajstić information content (AvgIpc) is 3.11. The maximum atomic E-state index is 6.26. The third kappa shape index (κ3) is 5.25. The molecule has 0 spiro atoms. The number of hydrogen-bond donors (Lipinski definition) is 0. The lowest BCUT2D eigenvalue weighted by Crippen LogP contribution is -2.12. The van der Waals surface area contributed by atoms with Gasteiger partial charge in [-0.05, 0) is 66.4 Å². The number of fused-ring (bicyclic) bond motifs is 1. The molecule has 0 aliphatic carbocycles. The smallest absolute Gasteiger partial charge is 0.123 e. The molecule has 0 unspecified atom stereocenters. The number of ether oxygens (including phenoxy) is 1. The van der Waals surface area contributed by atoms with E-state index in [-0.39, 0.29) is 0 Å². The molecule has 0 saturated heterocycles. The zero-order valence-electron chi connectivity index (χ0n) is 18.1. The first kappa shape index (κ1) is 21.8. The molecule has 0 fully saturated rings. The Labute approximate surface area is 193 Å². The van der Waals surface area contributed by atoms with Crippen LogP contribution >= 0.6 is 23.4 Å². The molecular formula is C26H27ClN2OS. The van der Waals surface area contributed by atoms with Gasteiger partial charge >= 0.3 is 0 Å². The van der Waals surface area contributed by atoms with Crippen LogP contribution in [0.2, 0.25) is 5.02 Å². The second kappa shape index (κ2) is 9.80. The lowest BCUT2D eigenvalue weighted by molar-refractivity contribution is 0.295. The van der Waals surface area contributed by atoms with Crippen LogP contribution in [-0.2, 0) is 12.3 Å². The molecule has 0 aliphatic heterocycles. The van der Waals surface area contributed by atoms with Gasteiger partial charge in [0.15, 0.2) is 0 Å². The summed E-state index contributed by atoms with van der Waals surface area (Å²) < 4.78 is 8.54. The average molecular weight is 451 g/mol. The number of hydrogen-bond acceptors (Lipinski definition) is 3. The van der Waals surface area contributed by atoms with Gasteiger partial charge in [-0.2, -0.15) is 0 Å². The van der Waals surface area contributed by atoms with Crippen molar-refractivity contribution in [2.75, 3.05) is 6.61 Å². The lowest BCUT2D eigenvalue weighted by atomic mass is 10.0. The Morgan fingerprint density at radius 3 is 2.58 bits per heavy atom. The maximum absolute atomic E-state index is 6.26. The van der Waals surface area contributed by atoms with Crippen molar-refractivity contribution in [1.82, 2.24) is 9.55 Å². The monoisotopic (exact) mass is 450 g/mol. The number of rotatable bonds is 8. The predicted octanol–water partition coefficient (Wildman–Crippen LogP) is 7.49. The fraction of sp³-hybridized carbons (Fsp3) is 0.269. The zero-order valence-corrected chi connectivity index (χ0v) is 19.7. The van der Waals surface area contributed by atoms with Gasteiger partial charge in [-0.25, -0.2) is 4.98 Å². The van der Waals surface area contributed by atoms with Crippen molar-refractivity contribution in [3.05, 3.63) is 88.7 Å². The number of para-hydroxylation sites is 2. The molecule has 0 amide bonds. The molecular weight excluding hydrogens is 424 g/mol. The zero-order chi connectivity index (χ0) is 21.8. The van der Waals surface area contributed by atoms with Crippen LogP contribution in [0.1, 0.15) is 36.7 Å². The van der Waals surface area contributed by atoms with E-state index in [1.165, 1.54) is 16.0 Å². The van der Waals surface area contributed by atoms with Crippen LogP contribution in [0.25, 0.3) is 11.0 Å². The van der Waals surface area contributed by atoms with Crippen molar-refractivity contribution in [1.29, 1.82) is 0 Å². The topological polar surface area (TPSA) is 27.1 Å². The summed E-state index contributed by atoms with van der Waals surface area (Å²) in [6.07, 6.45) is 0. The second-order valence-electron chi connectivity index (χ2n) is 7.96. The Hall–Kier alpha value is -2.43. The Balaban J connectivity index is 1.52. The molecule has 3 nitrogen and oxygen atoms in total. The Morgan fingerprint density at radius 2 is 1.81 bits per heavy atom. The van der Waals surface area contributed by atoms with Crippen LogP contribution in [0, 0.1) is 6.92 Å². The van der Waals surface area contributed by atoms with E-state index in [1.807, 2.05) is 30.3 Å². The number of thioether (sulfide) groups is 1. The molecule has 0 aliphatic rings. The Morgan fingerprint density at radius 1 is 1.03 bits per heavy atom. The van der Waals surface area contributed by atoms with Crippen molar-refractivity contribution in [3.63, 3.8) is 0 Å². The standard InChI is InChI=1S/C26H27ClN2OS/c1-18(2)22-13-8-19(3)16-25(22)30-15-14-29-24-7-5-4-6-23(24)28-26(29)17-31-21-11-9-20(27)10-12-21/h4-13,16,18H,14-15,17H2,1-3H3. The molecule has 4 rings (SSSR count). The van der Waals surface area contributed by atoms with Gasteiger partial charge < -0.3 is 9.30 Å². The van der Waals surface area contributed by atoms with Gasteiger partial charge in [-0.15, -0.1) is 11.8 Å². The summed E-state index contributed by atoms with van der Waals surface area (Å²) in [6, 6.07) is 22.7. The first-order chi connectivity index (χ1) is 15.0. The minimum atomic E-state index is 0.427. The van der Waals surface area contributed by atoms with Gasteiger partial charge in [-0.3, -0.25) is 0 Å². The van der Waals surface area contributed by atoms with Crippen LogP contribution in [0.5, 0.6) is 5.75 Å². The van der Waals surface area contributed by atoms with Crippen LogP contribution in [0.4, 0.5) is 0 Å². The van der Waals surface area contributed by atoms with Gasteiger partial charge in [0.1, 0.15) is 18.2 Å². The van der Waals surface area contributed by atoms with E-state index in [4.69, 9.17) is 21.3 Å². The number of imidazole rings is 1. The molecule has 1 heterocycles. The van der Waals surface area contributed by atoms with E-state index in [0.717, 1.165) is 39.9 Å². The van der Waals surface area contributed by atoms with Gasteiger partial charge in [0.05, 0.1) is 23.3 Å². The number of aryl methyl sites for hydroxylation is 1. The highest BCUT2D eigenvalue weighted by Gasteiger charge is 2.13. The quantitative estimate of drug-likeness (QED) is 0.260. The minimum absolute atomic E-state index is 0.427. The second-order valence-corrected chi connectivity index (χ2v) is 9.44. The Kier molecular flexibility index (Phi) is 6.89. The number of benzene rings is 3. The van der Waals surface area contributed by atoms with Crippen molar-refractivity contribution in [2.45, 2.75) is 43.9 Å². The molecule has 0 radical (unpaired) electrons. The normalized spacial score (nSPS) is 11.4. The third-order valence-electron chi connectivity index (χ3n) is 5.28. The highest BCUT2D eigenvalue weighted by molar-refractivity contribution is 7.98. The molecule has 31 heavy (non-hydrogen) atoms. The molecule has 1 aromatic heterocycles. The van der Waals surface area contributed by atoms with Crippen molar-refractivity contribution < 1.29 is 4.74 Å². The fourth-order valence-corrected chi connectivity index (χ4v) is 4.62. The van der Waals surface area contributed by atoms with Crippen molar-refractivity contribution in [2.24, 2.45) is 0 Å². The maximum Gasteiger partial charge on any atom is 0.123 e. The van der Waals surface area contributed by atoms with E-state index in [2.05, 4.69) is 61.7 Å².